The second kappa shape index (κ2) is 9.71. The van der Waals surface area contributed by atoms with Crippen molar-refractivity contribution < 1.29 is 29.0 Å². The van der Waals surface area contributed by atoms with E-state index < -0.39 is 23.7 Å². The molecule has 0 bridgehead atoms. The SMILES string of the molecule is CCCCN1C(=O)N(C2CCC3(CC2)CC2(C3)C(=O)N(C)C(=O)N2CC2COC2)C(=O)/C(=C(/N)NC)C1O. The van der Waals surface area contributed by atoms with Gasteiger partial charge in [0.1, 0.15) is 16.9 Å². The number of amides is 6. The molecule has 12 nitrogen and oxygen atoms in total. The fourth-order valence-electron chi connectivity index (χ4n) is 7.12. The predicted octanol–water partition coefficient (Wildman–Crippen LogP) is 0.761. The Labute approximate surface area is 223 Å². The molecular weight excluding hydrogens is 492 g/mol. The Bertz CT molecular complexity index is 1040. The van der Waals surface area contributed by atoms with Crippen LogP contribution < -0.4 is 11.1 Å². The maximum atomic E-state index is 13.4. The summed E-state index contributed by atoms with van der Waals surface area (Å²) < 4.78 is 5.29. The van der Waals surface area contributed by atoms with Crippen LogP contribution in [0.15, 0.2) is 11.4 Å². The molecule has 3 saturated heterocycles. The van der Waals surface area contributed by atoms with Gasteiger partial charge in [-0.15, -0.1) is 0 Å². The second-order valence-corrected chi connectivity index (χ2v) is 11.7. The van der Waals surface area contributed by atoms with E-state index in [0.717, 1.165) is 19.3 Å². The van der Waals surface area contributed by atoms with Crippen LogP contribution in [0.25, 0.3) is 0 Å². The number of rotatable bonds is 7. The molecule has 0 aromatic heterocycles. The number of aliphatic hydroxyl groups is 1. The maximum Gasteiger partial charge on any atom is 0.329 e. The zero-order chi connectivity index (χ0) is 27.4. The number of hydrogen-bond donors (Lipinski definition) is 3. The van der Waals surface area contributed by atoms with E-state index in [4.69, 9.17) is 10.5 Å². The van der Waals surface area contributed by atoms with Crippen LogP contribution in [-0.2, 0) is 14.3 Å². The van der Waals surface area contributed by atoms with Gasteiger partial charge in [-0.25, -0.2) is 9.59 Å². The first-order valence-electron chi connectivity index (χ1n) is 13.8. The Morgan fingerprint density at radius 2 is 1.79 bits per heavy atom. The summed E-state index contributed by atoms with van der Waals surface area (Å²) in [6.07, 6.45) is 4.06. The zero-order valence-corrected chi connectivity index (χ0v) is 22.6. The highest BCUT2D eigenvalue weighted by Crippen LogP contribution is 2.61. The number of nitrogens with two attached hydrogens (primary N) is 1. The average Bonchev–Trinajstić information content (AvgIpc) is 3.02. The van der Waals surface area contributed by atoms with Gasteiger partial charge in [-0.3, -0.25) is 24.3 Å². The summed E-state index contributed by atoms with van der Waals surface area (Å²) >= 11 is 0. The fraction of sp³-hybridized carbons (Fsp3) is 0.769. The van der Waals surface area contributed by atoms with Gasteiger partial charge in [0.05, 0.1) is 13.2 Å². The lowest BCUT2D eigenvalue weighted by Crippen LogP contribution is -2.66. The molecule has 2 aliphatic carbocycles. The summed E-state index contributed by atoms with van der Waals surface area (Å²) in [7, 11) is 3.13. The molecular formula is C26H40N6O6. The van der Waals surface area contributed by atoms with Crippen molar-refractivity contribution in [1.82, 2.24) is 24.9 Å². The molecule has 1 atom stereocenters. The van der Waals surface area contributed by atoms with Crippen molar-refractivity contribution in [3.05, 3.63) is 11.4 Å². The van der Waals surface area contributed by atoms with Crippen molar-refractivity contribution >= 4 is 23.9 Å². The predicted molar refractivity (Wildman–Crippen MR) is 136 cm³/mol. The lowest BCUT2D eigenvalue weighted by Gasteiger charge is -2.59. The summed E-state index contributed by atoms with van der Waals surface area (Å²) in [5.41, 5.74) is 5.15. The number of carbonyl (C=O) groups is 4. The molecule has 2 saturated carbocycles. The largest absolute Gasteiger partial charge is 0.385 e. The van der Waals surface area contributed by atoms with E-state index in [-0.39, 0.29) is 40.7 Å². The molecule has 1 unspecified atom stereocenters. The molecule has 5 rings (SSSR count). The molecule has 0 radical (unpaired) electrons. The van der Waals surface area contributed by atoms with Gasteiger partial charge in [-0.1, -0.05) is 13.3 Å². The van der Waals surface area contributed by atoms with Crippen LogP contribution in [-0.4, -0.2) is 107 Å². The van der Waals surface area contributed by atoms with Gasteiger partial charge >= 0.3 is 12.1 Å². The molecule has 12 heteroatoms. The summed E-state index contributed by atoms with van der Waals surface area (Å²) in [5.74, 6) is -0.369. The Kier molecular flexibility index (Phi) is 6.83. The van der Waals surface area contributed by atoms with Crippen LogP contribution >= 0.6 is 0 Å². The van der Waals surface area contributed by atoms with Gasteiger partial charge in [0.2, 0.25) is 0 Å². The summed E-state index contributed by atoms with van der Waals surface area (Å²) in [6, 6.07) is -1.04. The number of nitrogens with one attached hydrogen (secondary N) is 1. The number of likely N-dealkylation sites (N-methyl/N-ethyl adjacent to an activating group) is 1. The highest BCUT2D eigenvalue weighted by atomic mass is 16.5. The maximum absolute atomic E-state index is 13.4. The molecule has 4 N–H and O–H groups in total. The van der Waals surface area contributed by atoms with Crippen molar-refractivity contribution in [3.63, 3.8) is 0 Å². The first-order chi connectivity index (χ1) is 18.1. The third-order valence-corrected chi connectivity index (χ3v) is 9.37. The molecule has 3 aliphatic heterocycles. The number of nitrogens with zero attached hydrogens (tertiary/aromatic N) is 4. The van der Waals surface area contributed by atoms with Crippen LogP contribution in [0.2, 0.25) is 0 Å². The first kappa shape index (κ1) is 26.7. The number of unbranched alkanes of at least 4 members (excludes halogenated alkanes) is 1. The van der Waals surface area contributed by atoms with Crippen molar-refractivity contribution in [2.75, 3.05) is 40.4 Å². The lowest BCUT2D eigenvalue weighted by molar-refractivity contribution is -0.153. The molecule has 38 heavy (non-hydrogen) atoms. The van der Waals surface area contributed by atoms with E-state index in [1.807, 2.05) is 6.92 Å². The molecule has 2 spiro atoms. The smallest absolute Gasteiger partial charge is 0.329 e. The quantitative estimate of drug-likeness (QED) is 0.321. The van der Waals surface area contributed by atoms with Crippen LogP contribution in [0.1, 0.15) is 58.3 Å². The Morgan fingerprint density at radius 1 is 1.13 bits per heavy atom. The highest BCUT2D eigenvalue weighted by molar-refractivity contribution is 6.08. The van der Waals surface area contributed by atoms with E-state index in [0.29, 0.717) is 58.4 Å². The minimum atomic E-state index is -1.39. The van der Waals surface area contributed by atoms with Gasteiger partial charge in [-0.05, 0) is 50.4 Å². The standard InChI is InChI=1S/C26H40N6O6/c1-4-5-10-30-20(33)18(19(27)28-2)21(34)32(24(30)37)17-6-8-25(9-7-17)14-26(15-25)22(35)29(3)23(36)31(26)11-16-12-38-13-16/h16-17,20,28,33H,4-15,27H2,1-3H3/b19-18-. The highest BCUT2D eigenvalue weighted by Gasteiger charge is 2.68. The number of hydrogen-bond acceptors (Lipinski definition) is 8. The third-order valence-electron chi connectivity index (χ3n) is 9.37. The molecule has 0 aromatic carbocycles. The molecule has 3 heterocycles. The van der Waals surface area contributed by atoms with E-state index in [2.05, 4.69) is 5.32 Å². The fourth-order valence-corrected chi connectivity index (χ4v) is 7.12. The zero-order valence-electron chi connectivity index (χ0n) is 22.6. The number of ether oxygens (including phenoxy) is 1. The average molecular weight is 533 g/mol. The minimum Gasteiger partial charge on any atom is -0.385 e. The van der Waals surface area contributed by atoms with Crippen LogP contribution in [0, 0.1) is 11.3 Å². The molecule has 5 aliphatic rings. The molecule has 6 amide bonds. The van der Waals surface area contributed by atoms with Crippen molar-refractivity contribution in [3.8, 4) is 0 Å². The summed E-state index contributed by atoms with van der Waals surface area (Å²) in [4.78, 5) is 58.6. The lowest BCUT2D eigenvalue weighted by atomic mass is 9.51. The van der Waals surface area contributed by atoms with Gasteiger partial charge in [0.25, 0.3) is 11.8 Å². The van der Waals surface area contributed by atoms with E-state index in [1.165, 1.54) is 14.7 Å². The molecule has 0 aromatic rings. The summed E-state index contributed by atoms with van der Waals surface area (Å²) in [5, 5.41) is 13.6. The Balaban J connectivity index is 1.30. The van der Waals surface area contributed by atoms with Crippen LogP contribution in [0.5, 0.6) is 0 Å². The number of urea groups is 2. The Hall–Kier alpha value is -2.86. The van der Waals surface area contributed by atoms with Crippen LogP contribution in [0.3, 0.4) is 0 Å². The summed E-state index contributed by atoms with van der Waals surface area (Å²) in [6.45, 7) is 4.08. The van der Waals surface area contributed by atoms with Gasteiger partial charge in [0.15, 0.2) is 6.23 Å². The number of carbonyl (C=O) groups excluding carboxylic acids is 4. The molecule has 210 valence electrons. The Morgan fingerprint density at radius 3 is 2.34 bits per heavy atom. The minimum absolute atomic E-state index is 0.000181. The van der Waals surface area contributed by atoms with Crippen LogP contribution in [0.4, 0.5) is 9.59 Å². The van der Waals surface area contributed by atoms with E-state index >= 15 is 0 Å². The van der Waals surface area contributed by atoms with Crippen molar-refractivity contribution in [2.45, 2.75) is 76.1 Å². The van der Waals surface area contributed by atoms with E-state index in [9.17, 15) is 24.3 Å². The third kappa shape index (κ3) is 3.95. The normalized spacial score (nSPS) is 35.4. The van der Waals surface area contributed by atoms with Gasteiger partial charge in [-0.2, -0.15) is 0 Å². The second-order valence-electron chi connectivity index (χ2n) is 11.7. The van der Waals surface area contributed by atoms with Gasteiger partial charge in [0, 0.05) is 39.1 Å². The van der Waals surface area contributed by atoms with Crippen molar-refractivity contribution in [2.24, 2.45) is 17.1 Å². The van der Waals surface area contributed by atoms with E-state index in [1.54, 1.807) is 19.0 Å². The van der Waals surface area contributed by atoms with Crippen molar-refractivity contribution in [1.29, 1.82) is 0 Å². The number of imide groups is 2. The topological polar surface area (TPSA) is 149 Å². The first-order valence-corrected chi connectivity index (χ1v) is 13.8. The monoisotopic (exact) mass is 532 g/mol. The van der Waals surface area contributed by atoms with Gasteiger partial charge < -0.3 is 25.8 Å². The molecule has 5 fully saturated rings. The number of aliphatic hydroxyl groups excluding tert-OH is 1.